The van der Waals surface area contributed by atoms with Crippen LogP contribution in [0.25, 0.3) is 0 Å². The smallest absolute Gasteiger partial charge is 0.199 e. The molecule has 0 aliphatic carbocycles. The van der Waals surface area contributed by atoms with Crippen LogP contribution < -0.4 is 0 Å². The lowest BCUT2D eigenvalue weighted by atomic mass is 10.2. The number of pyridine rings is 1. The van der Waals surface area contributed by atoms with Crippen LogP contribution in [-0.2, 0) is 11.2 Å². The lowest BCUT2D eigenvalue weighted by molar-refractivity contribution is -0.110. The van der Waals surface area contributed by atoms with Gasteiger partial charge in [-0.05, 0) is 30.3 Å². The van der Waals surface area contributed by atoms with Crippen molar-refractivity contribution in [1.82, 2.24) is 4.98 Å². The summed E-state index contributed by atoms with van der Waals surface area (Å²) in [6, 6.07) is 2.01. The van der Waals surface area contributed by atoms with Gasteiger partial charge in [0.15, 0.2) is 5.12 Å². The Hall–Kier alpha value is -0.830. The first-order valence-corrected chi connectivity index (χ1v) is 5.23. The highest BCUT2D eigenvalue weighted by molar-refractivity contribution is 8.14. The van der Waals surface area contributed by atoms with Gasteiger partial charge in [0.05, 0.1) is 12.1 Å². The monoisotopic (exact) mass is 195 g/mol. The molecule has 1 aromatic heterocycles. The van der Waals surface area contributed by atoms with Gasteiger partial charge in [0.2, 0.25) is 0 Å². The maximum absolute atomic E-state index is 10.9. The van der Waals surface area contributed by atoms with Crippen molar-refractivity contribution in [2.45, 2.75) is 32.1 Å². The van der Waals surface area contributed by atoms with E-state index < -0.39 is 0 Å². The van der Waals surface area contributed by atoms with Crippen molar-refractivity contribution >= 4 is 16.9 Å². The van der Waals surface area contributed by atoms with Crippen LogP contribution in [0.3, 0.4) is 0 Å². The minimum Gasteiger partial charge on any atom is -0.286 e. The topological polar surface area (TPSA) is 30.0 Å². The van der Waals surface area contributed by atoms with Crippen LogP contribution in [0, 0.1) is 6.92 Å². The SMILES string of the molecule is CC.Cc1cnc2c(c1)SC(=O)C2. The summed E-state index contributed by atoms with van der Waals surface area (Å²) in [6.45, 7) is 5.98. The summed E-state index contributed by atoms with van der Waals surface area (Å²) in [4.78, 5) is 16.1. The lowest BCUT2D eigenvalue weighted by Crippen LogP contribution is -1.90. The third-order valence-electron chi connectivity index (χ3n) is 1.60. The predicted octanol–water partition coefficient (Wildman–Crippen LogP) is 2.59. The van der Waals surface area contributed by atoms with E-state index in [1.54, 1.807) is 6.20 Å². The van der Waals surface area contributed by atoms with E-state index in [0.29, 0.717) is 6.42 Å². The molecule has 0 N–H and O–H groups in total. The Labute approximate surface area is 82.8 Å². The molecule has 0 fully saturated rings. The van der Waals surface area contributed by atoms with Gasteiger partial charge in [-0.15, -0.1) is 0 Å². The van der Waals surface area contributed by atoms with Crippen molar-refractivity contribution in [3.05, 3.63) is 23.5 Å². The Bertz CT molecular complexity index is 323. The van der Waals surface area contributed by atoms with Crippen LogP contribution >= 0.6 is 11.8 Å². The van der Waals surface area contributed by atoms with E-state index in [1.165, 1.54) is 11.8 Å². The Kier molecular flexibility index (Phi) is 3.48. The van der Waals surface area contributed by atoms with Gasteiger partial charge in [0, 0.05) is 11.1 Å². The normalized spacial score (nSPS) is 13.3. The van der Waals surface area contributed by atoms with Gasteiger partial charge in [-0.2, -0.15) is 0 Å². The fourth-order valence-corrected chi connectivity index (χ4v) is 2.03. The number of hydrogen-bond acceptors (Lipinski definition) is 3. The van der Waals surface area contributed by atoms with Crippen LogP contribution in [0.4, 0.5) is 0 Å². The summed E-state index contributed by atoms with van der Waals surface area (Å²) in [5, 5.41) is 0.207. The van der Waals surface area contributed by atoms with Gasteiger partial charge < -0.3 is 0 Å². The molecule has 0 bridgehead atoms. The highest BCUT2D eigenvalue weighted by atomic mass is 32.2. The molecule has 0 atom stereocenters. The Morgan fingerprint density at radius 2 is 2.15 bits per heavy atom. The summed E-state index contributed by atoms with van der Waals surface area (Å²) >= 11 is 1.30. The first kappa shape index (κ1) is 10.3. The number of fused-ring (bicyclic) bond motifs is 1. The van der Waals surface area contributed by atoms with Crippen molar-refractivity contribution < 1.29 is 4.79 Å². The molecule has 0 aromatic carbocycles. The van der Waals surface area contributed by atoms with Crippen LogP contribution in [0.1, 0.15) is 25.1 Å². The van der Waals surface area contributed by atoms with Crippen LogP contribution in [0.2, 0.25) is 0 Å². The summed E-state index contributed by atoms with van der Waals surface area (Å²) < 4.78 is 0. The van der Waals surface area contributed by atoms with Gasteiger partial charge in [0.1, 0.15) is 0 Å². The number of rotatable bonds is 0. The number of carbonyl (C=O) groups excluding carboxylic acids is 1. The zero-order valence-electron chi connectivity index (χ0n) is 8.13. The Morgan fingerprint density at radius 1 is 1.46 bits per heavy atom. The average Bonchev–Trinajstić information content (AvgIpc) is 2.48. The van der Waals surface area contributed by atoms with E-state index in [0.717, 1.165) is 16.2 Å². The van der Waals surface area contributed by atoms with Crippen molar-refractivity contribution in [3.8, 4) is 0 Å². The van der Waals surface area contributed by atoms with E-state index >= 15 is 0 Å². The summed E-state index contributed by atoms with van der Waals surface area (Å²) in [5.74, 6) is 0. The van der Waals surface area contributed by atoms with Crippen molar-refractivity contribution in [2.75, 3.05) is 0 Å². The second kappa shape index (κ2) is 4.42. The van der Waals surface area contributed by atoms with Gasteiger partial charge in [-0.1, -0.05) is 13.8 Å². The lowest BCUT2D eigenvalue weighted by Gasteiger charge is -1.95. The molecule has 0 saturated carbocycles. The summed E-state index contributed by atoms with van der Waals surface area (Å²) in [6.07, 6.45) is 2.30. The Morgan fingerprint density at radius 3 is 2.85 bits per heavy atom. The van der Waals surface area contributed by atoms with Gasteiger partial charge >= 0.3 is 0 Å². The molecule has 70 valence electrons. The third-order valence-corrected chi connectivity index (χ3v) is 2.55. The van der Waals surface area contributed by atoms with E-state index in [-0.39, 0.29) is 5.12 Å². The molecule has 3 heteroatoms. The predicted molar refractivity (Wildman–Crippen MR) is 54.9 cm³/mol. The van der Waals surface area contributed by atoms with Gasteiger partial charge in [-0.25, -0.2) is 0 Å². The van der Waals surface area contributed by atoms with Crippen molar-refractivity contribution in [3.63, 3.8) is 0 Å². The second-order valence-corrected chi connectivity index (χ2v) is 3.71. The molecule has 0 radical (unpaired) electrons. The standard InChI is InChI=1S/C8H7NOS.C2H6/c1-5-2-7-6(9-4-5)3-8(10)11-7;1-2/h2,4H,3H2,1H3;1-2H3. The van der Waals surface area contributed by atoms with E-state index in [4.69, 9.17) is 0 Å². The fraction of sp³-hybridized carbons (Fsp3) is 0.400. The summed E-state index contributed by atoms with van der Waals surface area (Å²) in [7, 11) is 0. The number of hydrogen-bond donors (Lipinski definition) is 0. The minimum absolute atomic E-state index is 0.207. The largest absolute Gasteiger partial charge is 0.286 e. The van der Waals surface area contributed by atoms with E-state index in [1.807, 2.05) is 26.8 Å². The Balaban J connectivity index is 0.000000396. The molecule has 0 saturated heterocycles. The van der Waals surface area contributed by atoms with Crippen LogP contribution in [-0.4, -0.2) is 10.1 Å². The minimum atomic E-state index is 0.207. The maximum atomic E-state index is 10.9. The van der Waals surface area contributed by atoms with Gasteiger partial charge in [-0.3, -0.25) is 9.78 Å². The summed E-state index contributed by atoms with van der Waals surface area (Å²) in [5.41, 5.74) is 2.05. The number of aromatic nitrogens is 1. The molecule has 1 aliphatic rings. The van der Waals surface area contributed by atoms with E-state index in [2.05, 4.69) is 4.98 Å². The third kappa shape index (κ3) is 2.31. The first-order valence-electron chi connectivity index (χ1n) is 4.42. The van der Waals surface area contributed by atoms with Gasteiger partial charge in [0.25, 0.3) is 0 Å². The average molecular weight is 195 g/mol. The van der Waals surface area contributed by atoms with Crippen LogP contribution in [0.15, 0.2) is 17.2 Å². The second-order valence-electron chi connectivity index (χ2n) is 2.61. The van der Waals surface area contributed by atoms with E-state index in [9.17, 15) is 4.79 Å². The molecule has 0 amide bonds. The number of thioether (sulfide) groups is 1. The molecule has 2 heterocycles. The molecule has 1 aliphatic heterocycles. The van der Waals surface area contributed by atoms with Crippen molar-refractivity contribution in [2.24, 2.45) is 0 Å². The molecule has 1 aromatic rings. The molecule has 0 spiro atoms. The molecular weight excluding hydrogens is 182 g/mol. The quantitative estimate of drug-likeness (QED) is 0.637. The molecule has 13 heavy (non-hydrogen) atoms. The zero-order chi connectivity index (χ0) is 9.84. The fourth-order valence-electron chi connectivity index (χ4n) is 1.09. The molecular formula is C10H13NOS. The molecule has 2 rings (SSSR count). The number of aryl methyl sites for hydroxylation is 1. The highest BCUT2D eigenvalue weighted by Crippen LogP contribution is 2.31. The molecule has 2 nitrogen and oxygen atoms in total. The number of nitrogens with zero attached hydrogens (tertiary/aromatic N) is 1. The zero-order valence-corrected chi connectivity index (χ0v) is 8.94. The maximum Gasteiger partial charge on any atom is 0.199 e. The highest BCUT2D eigenvalue weighted by Gasteiger charge is 2.19. The molecule has 0 unspecified atom stereocenters. The first-order chi connectivity index (χ1) is 6.25. The number of carbonyl (C=O) groups is 1. The van der Waals surface area contributed by atoms with Crippen LogP contribution in [0.5, 0.6) is 0 Å². The van der Waals surface area contributed by atoms with Crippen molar-refractivity contribution in [1.29, 1.82) is 0 Å².